The first-order valence-corrected chi connectivity index (χ1v) is 9.62. The van der Waals surface area contributed by atoms with Crippen LogP contribution in [0.3, 0.4) is 0 Å². The van der Waals surface area contributed by atoms with Crippen molar-refractivity contribution in [2.24, 2.45) is 5.92 Å². The van der Waals surface area contributed by atoms with Crippen molar-refractivity contribution >= 4 is 29.3 Å². The zero-order valence-corrected chi connectivity index (χ0v) is 16.3. The van der Waals surface area contributed by atoms with Crippen molar-refractivity contribution in [2.45, 2.75) is 57.0 Å². The van der Waals surface area contributed by atoms with Crippen LogP contribution in [0.25, 0.3) is 11.0 Å². The Morgan fingerprint density at radius 2 is 1.88 bits per heavy atom. The van der Waals surface area contributed by atoms with Gasteiger partial charge in [-0.1, -0.05) is 0 Å². The molecule has 4 aliphatic rings. The summed E-state index contributed by atoms with van der Waals surface area (Å²) in [6.45, 7) is 6.86. The van der Waals surface area contributed by atoms with Crippen LogP contribution in [0.15, 0.2) is 28.7 Å². The SMILES string of the molecule is CC1(C)C(NC(=O)c2ccc3oc(C4CC4)cc3c2)C2CCN1CC2.Cl. The monoisotopic (exact) mass is 374 g/mol. The average Bonchev–Trinajstić information content (AvgIpc) is 3.37. The summed E-state index contributed by atoms with van der Waals surface area (Å²) in [5.41, 5.74) is 1.67. The zero-order chi connectivity index (χ0) is 17.2. The van der Waals surface area contributed by atoms with Crippen LogP contribution in [0.1, 0.15) is 61.6 Å². The molecule has 2 bridgehead atoms. The van der Waals surface area contributed by atoms with Crippen molar-refractivity contribution in [1.29, 1.82) is 0 Å². The van der Waals surface area contributed by atoms with Gasteiger partial charge in [-0.15, -0.1) is 12.4 Å². The number of carbonyl (C=O) groups excluding carboxylic acids is 1. The molecule has 140 valence electrons. The highest BCUT2D eigenvalue weighted by atomic mass is 35.5. The van der Waals surface area contributed by atoms with Crippen molar-refractivity contribution < 1.29 is 9.21 Å². The highest BCUT2D eigenvalue weighted by molar-refractivity contribution is 5.98. The fourth-order valence-corrected chi connectivity index (χ4v) is 4.88. The summed E-state index contributed by atoms with van der Waals surface area (Å²) < 4.78 is 5.91. The maximum Gasteiger partial charge on any atom is 0.251 e. The minimum atomic E-state index is 0. The number of hydrogen-bond donors (Lipinski definition) is 1. The summed E-state index contributed by atoms with van der Waals surface area (Å²) in [5, 5.41) is 4.40. The molecule has 1 amide bonds. The number of nitrogens with zero attached hydrogens (tertiary/aromatic N) is 1. The predicted molar refractivity (Wildman–Crippen MR) is 105 cm³/mol. The Labute approximate surface area is 160 Å². The summed E-state index contributed by atoms with van der Waals surface area (Å²) in [6.07, 6.45) is 4.84. The summed E-state index contributed by atoms with van der Waals surface area (Å²) in [5.74, 6) is 2.31. The number of hydrogen-bond acceptors (Lipinski definition) is 3. The number of fused-ring (bicyclic) bond motifs is 4. The molecular weight excluding hydrogens is 348 g/mol. The minimum Gasteiger partial charge on any atom is -0.461 e. The molecule has 3 aliphatic heterocycles. The number of amides is 1. The Bertz CT molecular complexity index is 832. The smallest absolute Gasteiger partial charge is 0.251 e. The maximum absolute atomic E-state index is 12.9. The molecule has 1 N–H and O–H groups in total. The van der Waals surface area contributed by atoms with Crippen LogP contribution in [0.4, 0.5) is 0 Å². The van der Waals surface area contributed by atoms with E-state index < -0.39 is 0 Å². The van der Waals surface area contributed by atoms with Gasteiger partial charge >= 0.3 is 0 Å². The Hall–Kier alpha value is -1.52. The first-order valence-electron chi connectivity index (χ1n) is 9.62. The molecule has 1 aromatic carbocycles. The first-order chi connectivity index (χ1) is 12.0. The predicted octanol–water partition coefficient (Wildman–Crippen LogP) is 4.33. The van der Waals surface area contributed by atoms with Gasteiger partial charge < -0.3 is 9.73 Å². The number of piperidine rings is 3. The molecule has 2 aromatic rings. The van der Waals surface area contributed by atoms with Gasteiger partial charge in [-0.25, -0.2) is 0 Å². The second-order valence-corrected chi connectivity index (χ2v) is 8.60. The normalized spacial score (nSPS) is 29.4. The van der Waals surface area contributed by atoms with Crippen LogP contribution in [-0.2, 0) is 0 Å². The molecule has 1 atom stereocenters. The van der Waals surface area contributed by atoms with Crippen LogP contribution >= 0.6 is 12.4 Å². The standard InChI is InChI=1S/C21H26N2O2.ClH/c1-21(2)19(14-7-9-23(21)10-8-14)22-20(24)15-5-6-17-16(11-15)12-18(25-17)13-3-4-13;/h5-6,11-14,19H,3-4,7-10H2,1-2H3,(H,22,24);1H. The van der Waals surface area contributed by atoms with Gasteiger partial charge in [0.05, 0.1) is 0 Å². The van der Waals surface area contributed by atoms with E-state index >= 15 is 0 Å². The molecule has 4 nitrogen and oxygen atoms in total. The summed E-state index contributed by atoms with van der Waals surface area (Å²) in [4.78, 5) is 15.4. The van der Waals surface area contributed by atoms with Gasteiger partial charge in [-0.2, -0.15) is 0 Å². The van der Waals surface area contributed by atoms with E-state index in [1.807, 2.05) is 18.2 Å². The van der Waals surface area contributed by atoms with Crippen LogP contribution in [0, 0.1) is 5.92 Å². The van der Waals surface area contributed by atoms with E-state index in [0.29, 0.717) is 11.8 Å². The molecule has 4 fully saturated rings. The molecule has 0 spiro atoms. The molecule has 0 radical (unpaired) electrons. The molecule has 5 heteroatoms. The third-order valence-electron chi connectivity index (χ3n) is 6.65. The zero-order valence-electron chi connectivity index (χ0n) is 15.5. The lowest BCUT2D eigenvalue weighted by molar-refractivity contribution is -0.0378. The molecule has 4 heterocycles. The van der Waals surface area contributed by atoms with Gasteiger partial charge in [0.15, 0.2) is 0 Å². The third-order valence-corrected chi connectivity index (χ3v) is 6.65. The second-order valence-electron chi connectivity index (χ2n) is 8.60. The van der Waals surface area contributed by atoms with E-state index in [9.17, 15) is 4.79 Å². The minimum absolute atomic E-state index is 0. The summed E-state index contributed by atoms with van der Waals surface area (Å²) in [6, 6.07) is 8.16. The van der Waals surface area contributed by atoms with E-state index in [1.165, 1.54) is 25.7 Å². The van der Waals surface area contributed by atoms with Crippen molar-refractivity contribution in [1.82, 2.24) is 10.2 Å². The molecule has 1 aromatic heterocycles. The highest BCUT2D eigenvalue weighted by Gasteiger charge is 2.48. The molecule has 3 saturated heterocycles. The van der Waals surface area contributed by atoms with Gasteiger partial charge in [-0.05, 0) is 82.8 Å². The number of halogens is 1. The number of carbonyl (C=O) groups is 1. The largest absolute Gasteiger partial charge is 0.461 e. The van der Waals surface area contributed by atoms with Crippen molar-refractivity contribution in [3.8, 4) is 0 Å². The van der Waals surface area contributed by atoms with Crippen molar-refractivity contribution in [3.05, 3.63) is 35.6 Å². The van der Waals surface area contributed by atoms with E-state index in [4.69, 9.17) is 4.42 Å². The van der Waals surface area contributed by atoms with Gasteiger partial charge in [-0.3, -0.25) is 9.69 Å². The lowest BCUT2D eigenvalue weighted by Gasteiger charge is -2.56. The van der Waals surface area contributed by atoms with Crippen molar-refractivity contribution in [3.63, 3.8) is 0 Å². The second kappa shape index (κ2) is 6.28. The topological polar surface area (TPSA) is 45.5 Å². The quantitative estimate of drug-likeness (QED) is 0.869. The van der Waals surface area contributed by atoms with Crippen molar-refractivity contribution in [2.75, 3.05) is 13.1 Å². The fourth-order valence-electron chi connectivity index (χ4n) is 4.88. The molecular formula is C21H27ClN2O2. The highest BCUT2D eigenvalue weighted by Crippen LogP contribution is 2.42. The molecule has 6 rings (SSSR count). The fraction of sp³-hybridized carbons (Fsp3) is 0.571. The summed E-state index contributed by atoms with van der Waals surface area (Å²) in [7, 11) is 0. The van der Waals surface area contributed by atoms with Gasteiger partial charge in [0.2, 0.25) is 0 Å². The van der Waals surface area contributed by atoms with E-state index in [1.54, 1.807) is 0 Å². The third kappa shape index (κ3) is 2.84. The molecule has 1 unspecified atom stereocenters. The Kier molecular flexibility index (Phi) is 4.31. The lowest BCUT2D eigenvalue weighted by atomic mass is 9.72. The van der Waals surface area contributed by atoms with Crippen LogP contribution in [0.2, 0.25) is 0 Å². The Morgan fingerprint density at radius 3 is 2.54 bits per heavy atom. The van der Waals surface area contributed by atoms with Gasteiger partial charge in [0.1, 0.15) is 11.3 Å². The van der Waals surface area contributed by atoms with E-state index in [2.05, 4.69) is 30.1 Å². The average molecular weight is 375 g/mol. The number of furan rings is 1. The lowest BCUT2D eigenvalue weighted by Crippen LogP contribution is -2.69. The summed E-state index contributed by atoms with van der Waals surface area (Å²) >= 11 is 0. The molecule has 26 heavy (non-hydrogen) atoms. The van der Waals surface area contributed by atoms with E-state index in [-0.39, 0.29) is 29.9 Å². The number of benzene rings is 1. The Balaban J connectivity index is 0.00000168. The number of rotatable bonds is 3. The van der Waals surface area contributed by atoms with Crippen LogP contribution < -0.4 is 5.32 Å². The molecule has 1 aliphatic carbocycles. The Morgan fingerprint density at radius 1 is 1.15 bits per heavy atom. The van der Waals surface area contributed by atoms with Crippen LogP contribution in [-0.4, -0.2) is 35.5 Å². The van der Waals surface area contributed by atoms with Crippen LogP contribution in [0.5, 0.6) is 0 Å². The van der Waals surface area contributed by atoms with E-state index in [0.717, 1.165) is 35.4 Å². The van der Waals surface area contributed by atoms with Gasteiger partial charge in [0.25, 0.3) is 5.91 Å². The number of nitrogens with one attached hydrogen (secondary N) is 1. The maximum atomic E-state index is 12.9. The molecule has 1 saturated carbocycles. The first kappa shape index (κ1) is 17.9. The van der Waals surface area contributed by atoms with Gasteiger partial charge in [0, 0.05) is 28.4 Å².